The number of nitrogens with zero attached hydrogens (tertiary/aromatic N) is 3. The third-order valence-electron chi connectivity index (χ3n) is 7.06. The van der Waals surface area contributed by atoms with E-state index in [1.54, 1.807) is 55.1 Å². The molecule has 5 atom stereocenters. The summed E-state index contributed by atoms with van der Waals surface area (Å²) in [5.41, 5.74) is -0.179. The molecule has 1 fully saturated rings. The van der Waals surface area contributed by atoms with Crippen molar-refractivity contribution in [3.63, 3.8) is 0 Å². The molecule has 3 aliphatic rings. The van der Waals surface area contributed by atoms with Gasteiger partial charge in [-0.15, -0.1) is 0 Å². The number of anilines is 1. The van der Waals surface area contributed by atoms with Gasteiger partial charge < -0.3 is 10.4 Å². The number of carbonyl (C=O) groups is 2. The molecule has 0 aliphatic carbocycles. The second-order valence-corrected chi connectivity index (χ2v) is 9.05. The van der Waals surface area contributed by atoms with Gasteiger partial charge in [-0.3, -0.25) is 29.2 Å². The maximum absolute atomic E-state index is 13.5. The van der Waals surface area contributed by atoms with Crippen molar-refractivity contribution >= 4 is 28.4 Å². The van der Waals surface area contributed by atoms with Crippen molar-refractivity contribution < 1.29 is 14.7 Å². The molecule has 0 radical (unpaired) electrons. The summed E-state index contributed by atoms with van der Waals surface area (Å²) in [6.45, 7) is 3.52. The minimum absolute atomic E-state index is 0.0936. The summed E-state index contributed by atoms with van der Waals surface area (Å²) in [6.07, 6.45) is -0.832. The summed E-state index contributed by atoms with van der Waals surface area (Å²) in [4.78, 5) is 45.8. The largest absolute Gasteiger partial charge is 0.381 e. The number of hydrogen-bond acceptors (Lipinski definition) is 6. The van der Waals surface area contributed by atoms with Crippen LogP contribution in [0, 0.1) is 0 Å². The first-order chi connectivity index (χ1) is 15.8. The zero-order chi connectivity index (χ0) is 23.1. The molecule has 3 aromatic rings. The molecule has 0 bridgehead atoms. The number of aliphatic hydroxyl groups is 1. The minimum atomic E-state index is -1.58. The predicted octanol–water partition coefficient (Wildman–Crippen LogP) is 1.07. The molecule has 9 heteroatoms. The van der Waals surface area contributed by atoms with Crippen LogP contribution in [-0.4, -0.2) is 38.7 Å². The minimum Gasteiger partial charge on any atom is -0.381 e. The molecule has 0 saturated carbocycles. The molecule has 9 nitrogen and oxygen atoms in total. The molecular formula is C24H23N5O4. The number of hydrogen-bond donors (Lipinski definition) is 3. The van der Waals surface area contributed by atoms with E-state index >= 15 is 0 Å². The molecule has 168 valence electrons. The quantitative estimate of drug-likeness (QED) is 0.543. The third kappa shape index (κ3) is 2.60. The Labute approximate surface area is 189 Å². The fourth-order valence-corrected chi connectivity index (χ4v) is 5.49. The van der Waals surface area contributed by atoms with Gasteiger partial charge in [-0.1, -0.05) is 30.3 Å². The van der Waals surface area contributed by atoms with Crippen LogP contribution in [0.4, 0.5) is 5.69 Å². The highest BCUT2D eigenvalue weighted by molar-refractivity contribution is 6.02. The van der Waals surface area contributed by atoms with Crippen molar-refractivity contribution in [1.29, 1.82) is 0 Å². The Morgan fingerprint density at radius 1 is 1.03 bits per heavy atom. The van der Waals surface area contributed by atoms with Crippen LogP contribution < -0.4 is 21.1 Å². The van der Waals surface area contributed by atoms with Crippen LogP contribution >= 0.6 is 0 Å². The normalized spacial score (nSPS) is 30.2. The van der Waals surface area contributed by atoms with Crippen molar-refractivity contribution in [2.24, 2.45) is 0 Å². The molecule has 0 spiro atoms. The zero-order valence-corrected chi connectivity index (χ0v) is 18.1. The summed E-state index contributed by atoms with van der Waals surface area (Å²) < 4.78 is 1.41. The molecule has 2 amide bonds. The second-order valence-electron chi connectivity index (χ2n) is 9.05. The van der Waals surface area contributed by atoms with E-state index in [0.29, 0.717) is 28.0 Å². The molecule has 2 aromatic carbocycles. The van der Waals surface area contributed by atoms with E-state index in [1.165, 1.54) is 4.57 Å². The van der Waals surface area contributed by atoms with Gasteiger partial charge in [0, 0.05) is 12.0 Å². The lowest BCUT2D eigenvalue weighted by atomic mass is 9.85. The van der Waals surface area contributed by atoms with Gasteiger partial charge in [-0.2, -0.15) is 0 Å². The Bertz CT molecular complexity index is 1400. The fourth-order valence-electron chi connectivity index (χ4n) is 5.49. The Balaban J connectivity index is 1.52. The zero-order valence-electron chi connectivity index (χ0n) is 18.1. The third-order valence-corrected chi connectivity index (χ3v) is 7.06. The predicted molar refractivity (Wildman–Crippen MR) is 120 cm³/mol. The molecular weight excluding hydrogens is 422 g/mol. The number of rotatable bonds is 2. The van der Waals surface area contributed by atoms with Crippen LogP contribution in [0.25, 0.3) is 10.9 Å². The Morgan fingerprint density at radius 2 is 1.76 bits per heavy atom. The van der Waals surface area contributed by atoms with Gasteiger partial charge in [-0.25, -0.2) is 4.98 Å². The highest BCUT2D eigenvalue weighted by atomic mass is 16.3. The van der Waals surface area contributed by atoms with Crippen molar-refractivity contribution in [3.8, 4) is 0 Å². The van der Waals surface area contributed by atoms with E-state index in [2.05, 4.69) is 15.6 Å². The summed E-state index contributed by atoms with van der Waals surface area (Å²) >= 11 is 0. The first kappa shape index (κ1) is 20.1. The van der Waals surface area contributed by atoms with E-state index in [-0.39, 0.29) is 23.8 Å². The first-order valence-electron chi connectivity index (χ1n) is 11.0. The molecule has 1 unspecified atom stereocenters. The summed E-state index contributed by atoms with van der Waals surface area (Å²) in [7, 11) is 0. The van der Waals surface area contributed by atoms with E-state index in [4.69, 9.17) is 0 Å². The average molecular weight is 445 g/mol. The van der Waals surface area contributed by atoms with Crippen molar-refractivity contribution in [2.45, 2.75) is 50.2 Å². The van der Waals surface area contributed by atoms with Crippen LogP contribution in [0.1, 0.15) is 43.7 Å². The summed E-state index contributed by atoms with van der Waals surface area (Å²) in [6, 6.07) is 12.2. The summed E-state index contributed by atoms with van der Waals surface area (Å²) in [5.74, 6) is -0.0647. The fraction of sp³-hybridized carbons (Fsp3) is 0.333. The standard InChI is InChI=1S/C24H23N5O4/c1-12-19-27-16-9-5-3-7-14(16)22(32)28(19)18(20(30)25-12)11-24(33)15-8-4-6-10-17(15)29-21(31)13(2)26-23(24)29/h3-10,12-13,18,23,26,33H,11H2,1-2H3,(H,25,30)/t12-,13-,18+,23?,24-/m0/s1. The molecule has 33 heavy (non-hydrogen) atoms. The molecule has 6 rings (SSSR count). The lowest BCUT2D eigenvalue weighted by Crippen LogP contribution is -2.54. The topological polar surface area (TPSA) is 117 Å². The number of nitrogens with one attached hydrogen (secondary N) is 2. The second kappa shape index (κ2) is 6.72. The Morgan fingerprint density at radius 3 is 2.58 bits per heavy atom. The van der Waals surface area contributed by atoms with Crippen molar-refractivity contribution in [1.82, 2.24) is 20.2 Å². The lowest BCUT2D eigenvalue weighted by molar-refractivity contribution is -0.129. The molecule has 4 heterocycles. The Hall–Kier alpha value is -3.56. The molecule has 3 aliphatic heterocycles. The van der Waals surface area contributed by atoms with Gasteiger partial charge in [0.05, 0.1) is 28.7 Å². The molecule has 1 aromatic heterocycles. The van der Waals surface area contributed by atoms with Gasteiger partial charge in [-0.05, 0) is 32.0 Å². The van der Waals surface area contributed by atoms with Crippen molar-refractivity contribution in [3.05, 3.63) is 70.3 Å². The number of benzene rings is 2. The number of aromatic nitrogens is 2. The van der Waals surface area contributed by atoms with E-state index in [1.807, 2.05) is 12.1 Å². The van der Waals surface area contributed by atoms with Crippen LogP contribution in [0.2, 0.25) is 0 Å². The maximum atomic E-state index is 13.5. The van der Waals surface area contributed by atoms with E-state index < -0.39 is 29.9 Å². The summed E-state index contributed by atoms with van der Waals surface area (Å²) in [5, 5.41) is 18.5. The SMILES string of the molecule is C[C@@H]1NC2N(C1=O)c1ccccc1[C@@]2(O)C[C@@H]1C(=O)N[C@@H](C)c2nc3ccccc3c(=O)n21. The van der Waals surface area contributed by atoms with E-state index in [0.717, 1.165) is 0 Å². The highest BCUT2D eigenvalue weighted by Gasteiger charge is 2.58. The van der Waals surface area contributed by atoms with Gasteiger partial charge in [0.1, 0.15) is 23.6 Å². The van der Waals surface area contributed by atoms with Gasteiger partial charge in [0.15, 0.2) is 0 Å². The molecule has 3 N–H and O–H groups in total. The van der Waals surface area contributed by atoms with Gasteiger partial charge in [0.2, 0.25) is 11.8 Å². The van der Waals surface area contributed by atoms with Gasteiger partial charge in [0.25, 0.3) is 5.56 Å². The van der Waals surface area contributed by atoms with Crippen LogP contribution in [-0.2, 0) is 15.2 Å². The lowest BCUT2D eigenvalue weighted by Gasteiger charge is -2.37. The number of carbonyl (C=O) groups excluding carboxylic acids is 2. The Kier molecular flexibility index (Phi) is 4.09. The van der Waals surface area contributed by atoms with Crippen LogP contribution in [0.15, 0.2) is 53.3 Å². The smallest absolute Gasteiger partial charge is 0.262 e. The van der Waals surface area contributed by atoms with Crippen LogP contribution in [0.5, 0.6) is 0 Å². The first-order valence-corrected chi connectivity index (χ1v) is 11.0. The highest BCUT2D eigenvalue weighted by Crippen LogP contribution is 2.49. The average Bonchev–Trinajstić information content (AvgIpc) is 3.23. The number of amides is 2. The van der Waals surface area contributed by atoms with Gasteiger partial charge >= 0.3 is 0 Å². The maximum Gasteiger partial charge on any atom is 0.262 e. The molecule has 1 saturated heterocycles. The van der Waals surface area contributed by atoms with Crippen LogP contribution in [0.3, 0.4) is 0 Å². The number of fused-ring (bicyclic) bond motifs is 5. The van der Waals surface area contributed by atoms with E-state index in [9.17, 15) is 19.5 Å². The number of para-hydroxylation sites is 2. The monoisotopic (exact) mass is 445 g/mol. The van der Waals surface area contributed by atoms with Crippen molar-refractivity contribution in [2.75, 3.05) is 4.90 Å².